The van der Waals surface area contributed by atoms with Gasteiger partial charge in [-0.1, -0.05) is 50.5 Å². The molecule has 2 rings (SSSR count). The maximum Gasteiger partial charge on any atom is 0.335 e. The van der Waals surface area contributed by atoms with E-state index < -0.39 is 5.97 Å². The van der Waals surface area contributed by atoms with Gasteiger partial charge in [-0.2, -0.15) is 0 Å². The lowest BCUT2D eigenvalue weighted by atomic mass is 10.0. The highest BCUT2D eigenvalue weighted by atomic mass is 19.1. The first-order valence-electron chi connectivity index (χ1n) is 9.19. The summed E-state index contributed by atoms with van der Waals surface area (Å²) in [7, 11) is 0. The average molecular weight is 352 g/mol. The van der Waals surface area contributed by atoms with Crippen LogP contribution < -0.4 is 0 Å². The van der Waals surface area contributed by atoms with Gasteiger partial charge in [0.25, 0.3) is 0 Å². The molecule has 2 aromatic carbocycles. The number of hydrogen-bond donors (Lipinski definition) is 1. The number of aromatic carboxylic acids is 1. The van der Waals surface area contributed by atoms with E-state index in [9.17, 15) is 9.18 Å². The number of halogens is 1. The number of rotatable bonds is 8. The Kier molecular flexibility index (Phi) is 7.89. The smallest absolute Gasteiger partial charge is 0.335 e. The summed E-state index contributed by atoms with van der Waals surface area (Å²) in [5.41, 5.74) is 2.42. The van der Waals surface area contributed by atoms with Crippen molar-refractivity contribution in [3.8, 4) is 23.0 Å². The van der Waals surface area contributed by atoms with Crippen LogP contribution in [0.3, 0.4) is 0 Å². The predicted molar refractivity (Wildman–Crippen MR) is 104 cm³/mol. The molecule has 0 heterocycles. The first kappa shape index (κ1) is 19.7. The molecule has 0 aromatic heterocycles. The van der Waals surface area contributed by atoms with Crippen LogP contribution in [0.2, 0.25) is 0 Å². The Morgan fingerprint density at radius 1 is 0.962 bits per heavy atom. The van der Waals surface area contributed by atoms with Crippen LogP contribution in [0.15, 0.2) is 42.5 Å². The van der Waals surface area contributed by atoms with Gasteiger partial charge in [-0.25, -0.2) is 9.18 Å². The first-order valence-corrected chi connectivity index (χ1v) is 9.19. The van der Waals surface area contributed by atoms with Crippen molar-refractivity contribution in [1.82, 2.24) is 0 Å². The summed E-state index contributed by atoms with van der Waals surface area (Å²) in [5, 5.41) is 8.93. The zero-order valence-corrected chi connectivity index (χ0v) is 15.2. The highest BCUT2D eigenvalue weighted by Crippen LogP contribution is 2.23. The van der Waals surface area contributed by atoms with Gasteiger partial charge in [-0.05, 0) is 47.7 Å². The summed E-state index contributed by atoms with van der Waals surface area (Å²) in [4.78, 5) is 10.9. The Bertz CT molecular complexity index is 782. The maximum atomic E-state index is 14.3. The third-order valence-electron chi connectivity index (χ3n) is 4.32. The van der Waals surface area contributed by atoms with E-state index in [1.165, 1.54) is 37.5 Å². The number of benzene rings is 2. The van der Waals surface area contributed by atoms with Crippen molar-refractivity contribution in [3.63, 3.8) is 0 Å². The van der Waals surface area contributed by atoms with E-state index in [-0.39, 0.29) is 11.4 Å². The van der Waals surface area contributed by atoms with Crippen LogP contribution in [0, 0.1) is 17.7 Å². The summed E-state index contributed by atoms with van der Waals surface area (Å²) in [6, 6.07) is 11.6. The van der Waals surface area contributed by atoms with Crippen molar-refractivity contribution in [3.05, 3.63) is 59.4 Å². The molecule has 0 spiro atoms. The molecule has 0 bridgehead atoms. The summed E-state index contributed by atoms with van der Waals surface area (Å²) in [6.07, 6.45) is 7.06. The monoisotopic (exact) mass is 352 g/mol. The lowest BCUT2D eigenvalue weighted by Crippen LogP contribution is -1.95. The molecule has 0 amide bonds. The van der Waals surface area contributed by atoms with Crippen LogP contribution in [0.4, 0.5) is 4.39 Å². The highest BCUT2D eigenvalue weighted by Gasteiger charge is 2.06. The number of carbonyl (C=O) groups is 1. The first-order chi connectivity index (χ1) is 12.6. The molecule has 0 radical (unpaired) electrons. The standard InChI is InChI=1S/C23H25FO2/c1-2-3-4-5-6-7-8-9-10-19-13-16-21(17-22(19)24)18-11-14-20(15-12-18)23(25)26/h11-17H,2-6,9-10H2,1H3,(H,25,26). The van der Waals surface area contributed by atoms with E-state index in [1.54, 1.807) is 18.2 Å². The molecule has 0 saturated carbocycles. The number of aryl methyl sites for hydroxylation is 1. The fourth-order valence-electron chi connectivity index (χ4n) is 2.75. The van der Waals surface area contributed by atoms with Gasteiger partial charge in [-0.15, -0.1) is 11.8 Å². The van der Waals surface area contributed by atoms with E-state index in [1.807, 2.05) is 6.07 Å². The molecule has 136 valence electrons. The van der Waals surface area contributed by atoms with Crippen molar-refractivity contribution in [2.24, 2.45) is 0 Å². The molecule has 3 heteroatoms. The predicted octanol–water partition coefficient (Wildman–Crippen LogP) is 6.10. The van der Waals surface area contributed by atoms with Crippen LogP contribution in [-0.2, 0) is 6.42 Å². The highest BCUT2D eigenvalue weighted by molar-refractivity contribution is 5.88. The van der Waals surface area contributed by atoms with Gasteiger partial charge in [0, 0.05) is 12.8 Å². The molecule has 0 aliphatic carbocycles. The number of carboxylic acid groups (broad SMARTS) is 1. The molecule has 0 atom stereocenters. The van der Waals surface area contributed by atoms with Crippen molar-refractivity contribution >= 4 is 5.97 Å². The normalized spacial score (nSPS) is 10.2. The van der Waals surface area contributed by atoms with Gasteiger partial charge >= 0.3 is 5.97 Å². The van der Waals surface area contributed by atoms with E-state index >= 15 is 0 Å². The maximum absolute atomic E-state index is 14.3. The van der Waals surface area contributed by atoms with E-state index in [0.29, 0.717) is 18.4 Å². The fourth-order valence-corrected chi connectivity index (χ4v) is 2.75. The number of hydrogen-bond acceptors (Lipinski definition) is 1. The average Bonchev–Trinajstić information content (AvgIpc) is 2.65. The molecule has 0 saturated heterocycles. The Hall–Kier alpha value is -2.60. The second-order valence-corrected chi connectivity index (χ2v) is 6.35. The van der Waals surface area contributed by atoms with Crippen LogP contribution >= 0.6 is 0 Å². The van der Waals surface area contributed by atoms with Gasteiger partial charge in [0.05, 0.1) is 5.56 Å². The summed E-state index contributed by atoms with van der Waals surface area (Å²) >= 11 is 0. The number of carboxylic acids is 1. The third kappa shape index (κ3) is 6.04. The van der Waals surface area contributed by atoms with E-state index in [2.05, 4.69) is 18.8 Å². The van der Waals surface area contributed by atoms with Crippen LogP contribution in [0.1, 0.15) is 61.4 Å². The Morgan fingerprint density at radius 2 is 1.65 bits per heavy atom. The Balaban J connectivity index is 1.91. The summed E-state index contributed by atoms with van der Waals surface area (Å²) in [5.74, 6) is 5.08. The van der Waals surface area contributed by atoms with Crippen molar-refractivity contribution in [1.29, 1.82) is 0 Å². The minimum absolute atomic E-state index is 0.221. The third-order valence-corrected chi connectivity index (χ3v) is 4.32. The second-order valence-electron chi connectivity index (χ2n) is 6.35. The van der Waals surface area contributed by atoms with Crippen molar-refractivity contribution < 1.29 is 14.3 Å². The molecule has 0 aliphatic heterocycles. The Morgan fingerprint density at radius 3 is 2.31 bits per heavy atom. The second kappa shape index (κ2) is 10.4. The van der Waals surface area contributed by atoms with Gasteiger partial charge in [0.1, 0.15) is 5.82 Å². The molecule has 0 fully saturated rings. The largest absolute Gasteiger partial charge is 0.478 e. The molecule has 2 nitrogen and oxygen atoms in total. The lowest BCUT2D eigenvalue weighted by molar-refractivity contribution is 0.0697. The van der Waals surface area contributed by atoms with Gasteiger partial charge in [0.15, 0.2) is 0 Å². The molecule has 0 aliphatic rings. The molecule has 0 unspecified atom stereocenters. The molecular formula is C23H25FO2. The minimum Gasteiger partial charge on any atom is -0.478 e. The molecular weight excluding hydrogens is 327 g/mol. The SMILES string of the molecule is CCCCCCC#CCCc1ccc(-c2ccc(C(=O)O)cc2)cc1F. The van der Waals surface area contributed by atoms with Gasteiger partial charge in [0.2, 0.25) is 0 Å². The zero-order valence-electron chi connectivity index (χ0n) is 15.2. The summed E-state index contributed by atoms with van der Waals surface area (Å²) < 4.78 is 14.3. The topological polar surface area (TPSA) is 37.3 Å². The van der Waals surface area contributed by atoms with Crippen LogP contribution in [0.25, 0.3) is 11.1 Å². The lowest BCUT2D eigenvalue weighted by Gasteiger charge is -2.06. The quantitative estimate of drug-likeness (QED) is 0.460. The van der Waals surface area contributed by atoms with Crippen molar-refractivity contribution in [2.45, 2.75) is 51.9 Å². The van der Waals surface area contributed by atoms with Crippen LogP contribution in [-0.4, -0.2) is 11.1 Å². The van der Waals surface area contributed by atoms with E-state index in [4.69, 9.17) is 5.11 Å². The summed E-state index contributed by atoms with van der Waals surface area (Å²) in [6.45, 7) is 2.19. The number of unbranched alkanes of at least 4 members (excludes halogenated alkanes) is 4. The van der Waals surface area contributed by atoms with Gasteiger partial charge in [-0.3, -0.25) is 0 Å². The molecule has 1 N–H and O–H groups in total. The van der Waals surface area contributed by atoms with Crippen molar-refractivity contribution in [2.75, 3.05) is 0 Å². The molecule has 2 aromatic rings. The zero-order chi connectivity index (χ0) is 18.8. The van der Waals surface area contributed by atoms with E-state index in [0.717, 1.165) is 24.0 Å². The Labute approximate surface area is 155 Å². The van der Waals surface area contributed by atoms with Gasteiger partial charge < -0.3 is 5.11 Å². The minimum atomic E-state index is -0.968. The van der Waals surface area contributed by atoms with Crippen LogP contribution in [0.5, 0.6) is 0 Å². The molecule has 26 heavy (non-hydrogen) atoms. The fraction of sp³-hybridized carbons (Fsp3) is 0.348.